The number of hydrogen-bond acceptors (Lipinski definition) is 19. The number of aliphatic hydroxyl groups excluding tert-OH is 1. The summed E-state index contributed by atoms with van der Waals surface area (Å²) < 4.78 is 0. The van der Waals surface area contributed by atoms with E-state index in [4.69, 9.17) is 10.8 Å². The van der Waals surface area contributed by atoms with Crippen LogP contribution in [0.1, 0.15) is 111 Å². The number of rotatable bonds is 40. The molecule has 1 aromatic carbocycles. The van der Waals surface area contributed by atoms with E-state index in [-0.39, 0.29) is 63.0 Å². The highest BCUT2D eigenvalue weighted by Crippen LogP contribution is 2.22. The van der Waals surface area contributed by atoms with Crippen LogP contribution in [0.2, 0.25) is 0 Å². The number of carboxylic acid groups (broad SMARTS) is 3. The van der Waals surface area contributed by atoms with Crippen molar-refractivity contribution < 1.29 is 102 Å². The molecule has 0 saturated carbocycles. The fourth-order valence-corrected chi connectivity index (χ4v) is 9.56. The van der Waals surface area contributed by atoms with Crippen molar-refractivity contribution in [3.8, 4) is 5.75 Å². The third-order valence-corrected chi connectivity index (χ3v) is 14.5. The topological polar surface area (TPSA) is 524 Å². The van der Waals surface area contributed by atoms with E-state index in [0.717, 1.165) is 6.92 Å². The van der Waals surface area contributed by atoms with E-state index in [2.05, 4.69) is 53.2 Å². The molecule has 0 radical (unpaired) electrons. The van der Waals surface area contributed by atoms with E-state index in [0.29, 0.717) is 5.56 Å². The summed E-state index contributed by atoms with van der Waals surface area (Å²) in [6.07, 6.45) is -1.36. The quantitative estimate of drug-likeness (QED) is 0.0276. The summed E-state index contributed by atoms with van der Waals surface area (Å²) >= 11 is 1.24. The molecule has 0 aliphatic carbocycles. The zero-order valence-corrected chi connectivity index (χ0v) is 51.9. The maximum absolute atomic E-state index is 14.4. The molecule has 1 saturated heterocycles. The van der Waals surface area contributed by atoms with Crippen molar-refractivity contribution in [3.63, 3.8) is 0 Å². The van der Waals surface area contributed by atoms with Crippen LogP contribution in [0.3, 0.4) is 0 Å². The Bertz CT molecular complexity index is 2770. The molecule has 33 nitrogen and oxygen atoms in total. The maximum atomic E-state index is 14.4. The highest BCUT2D eigenvalue weighted by Gasteiger charge is 2.42. The molecule has 34 heteroatoms. The van der Waals surface area contributed by atoms with Crippen molar-refractivity contribution >= 4 is 106 Å². The van der Waals surface area contributed by atoms with Gasteiger partial charge in [0.15, 0.2) is 0 Å². The van der Waals surface area contributed by atoms with Crippen LogP contribution < -0.4 is 58.9 Å². The van der Waals surface area contributed by atoms with Gasteiger partial charge in [-0.15, -0.1) is 0 Å². The zero-order valence-electron chi connectivity index (χ0n) is 51.0. The molecule has 12 amide bonds. The highest BCUT2D eigenvalue weighted by molar-refractivity contribution is 7.98. The lowest BCUT2D eigenvalue weighted by Gasteiger charge is -2.33. The summed E-state index contributed by atoms with van der Waals surface area (Å²) in [6.45, 7) is 7.16. The summed E-state index contributed by atoms with van der Waals surface area (Å²) in [4.78, 5) is 210. The minimum Gasteiger partial charge on any atom is -0.508 e. The number of carbonyl (C=O) groups is 16. The molecule has 1 heterocycles. The number of hydrogen-bond donors (Lipinski definition) is 16. The van der Waals surface area contributed by atoms with E-state index in [9.17, 15) is 97.1 Å². The molecule has 1 aliphatic heterocycles. The molecule has 90 heavy (non-hydrogen) atoms. The number of thioether (sulfide) groups is 1. The van der Waals surface area contributed by atoms with Gasteiger partial charge in [0.25, 0.3) is 5.91 Å². The number of nitrogens with one attached hydrogen (secondary N) is 10. The predicted molar refractivity (Wildman–Crippen MR) is 317 cm³/mol. The van der Waals surface area contributed by atoms with Crippen molar-refractivity contribution in [2.24, 2.45) is 17.6 Å². The summed E-state index contributed by atoms with van der Waals surface area (Å²) in [5, 5.41) is 71.1. The van der Waals surface area contributed by atoms with Crippen molar-refractivity contribution in [1.82, 2.24) is 58.1 Å². The first-order chi connectivity index (χ1) is 42.2. The molecule has 0 spiro atoms. The largest absolute Gasteiger partial charge is 0.508 e. The van der Waals surface area contributed by atoms with E-state index in [1.54, 1.807) is 40.9 Å². The number of nitrogens with zero attached hydrogens (tertiary/aromatic N) is 1. The molecular formula is C56H84N12O21S. The molecule has 2 rings (SSSR count). The minimum atomic E-state index is -1.90. The Morgan fingerprint density at radius 1 is 0.600 bits per heavy atom. The van der Waals surface area contributed by atoms with Gasteiger partial charge in [-0.2, -0.15) is 11.8 Å². The number of primary amides is 1. The third kappa shape index (κ3) is 26.4. The molecule has 0 aromatic heterocycles. The fourth-order valence-electron chi connectivity index (χ4n) is 9.08. The maximum Gasteiger partial charge on any atom is 0.305 e. The fraction of sp³-hybridized carbons (Fsp3) is 0.607. The summed E-state index contributed by atoms with van der Waals surface area (Å²) in [5.74, 6) is -18.7. The number of carboxylic acids is 3. The third-order valence-electron chi connectivity index (χ3n) is 13.9. The SMILES string of the molecule is CCC[C@@H](NC(=O)[C@@H]1CCCN1C(=O)[C@@H](NC(=O)[C@@H](NC(=O)[C@H](CCC(=O)O)NC(=O)[C@H](CCC(=O)O)NC(C)=O)C(C)C)C(C)C)C(=O)C(=O)NCC(=O)N[C@H](CCSC)C(=O)N[C@@H](CC(=O)O)C(=O)N[C@@H](Cc1ccc(O)cc1)C(=O)N[C@@H](CO)C(N)=O. The number of benzene rings is 1. The van der Waals surface area contributed by atoms with Crippen molar-refractivity contribution in [3.05, 3.63) is 29.8 Å². The Morgan fingerprint density at radius 3 is 1.61 bits per heavy atom. The number of ketones is 1. The van der Waals surface area contributed by atoms with Gasteiger partial charge in [0.1, 0.15) is 60.1 Å². The second-order valence-corrected chi connectivity index (χ2v) is 22.9. The van der Waals surface area contributed by atoms with Gasteiger partial charge >= 0.3 is 17.9 Å². The monoisotopic (exact) mass is 1290 g/mol. The molecule has 10 atom stereocenters. The summed E-state index contributed by atoms with van der Waals surface area (Å²) in [5.41, 5.74) is 5.60. The number of phenolic OH excluding ortho intramolecular Hbond substituents is 1. The zero-order chi connectivity index (χ0) is 68.1. The number of aliphatic hydroxyl groups is 1. The van der Waals surface area contributed by atoms with Crippen LogP contribution >= 0.6 is 11.8 Å². The lowest BCUT2D eigenvalue weighted by atomic mass is 9.98. The highest BCUT2D eigenvalue weighted by atomic mass is 32.2. The first-order valence-corrected chi connectivity index (χ1v) is 30.3. The van der Waals surface area contributed by atoms with Crippen molar-refractivity contribution in [2.75, 3.05) is 31.7 Å². The van der Waals surface area contributed by atoms with Crippen molar-refractivity contribution in [2.45, 2.75) is 173 Å². The Morgan fingerprint density at radius 2 is 1.10 bits per heavy atom. The Kier molecular flexibility index (Phi) is 33.0. The number of likely N-dealkylation sites (tertiary alicyclic amines) is 1. The van der Waals surface area contributed by atoms with Gasteiger partial charge in [0.05, 0.1) is 25.6 Å². The Hall–Kier alpha value is -8.95. The van der Waals surface area contributed by atoms with Crippen LogP contribution in [0.15, 0.2) is 24.3 Å². The van der Waals surface area contributed by atoms with E-state index in [1.807, 2.05) is 0 Å². The van der Waals surface area contributed by atoms with Gasteiger partial charge in [-0.25, -0.2) is 0 Å². The second-order valence-electron chi connectivity index (χ2n) is 21.9. The molecule has 0 bridgehead atoms. The summed E-state index contributed by atoms with van der Waals surface area (Å²) in [7, 11) is 0. The van der Waals surface area contributed by atoms with Gasteiger partial charge in [-0.3, -0.25) is 76.7 Å². The Balaban J connectivity index is 2.24. The lowest BCUT2D eigenvalue weighted by Crippen LogP contribution is -2.61. The molecule has 1 fully saturated rings. The number of phenols is 1. The second kappa shape index (κ2) is 38.5. The van der Waals surface area contributed by atoms with Crippen LogP contribution in [0.25, 0.3) is 0 Å². The van der Waals surface area contributed by atoms with Crippen LogP contribution in [0.5, 0.6) is 5.75 Å². The van der Waals surface area contributed by atoms with E-state index >= 15 is 0 Å². The van der Waals surface area contributed by atoms with Crippen LogP contribution in [0, 0.1) is 11.8 Å². The van der Waals surface area contributed by atoms with Crippen LogP contribution in [-0.4, -0.2) is 217 Å². The molecule has 17 N–H and O–H groups in total. The predicted octanol–water partition coefficient (Wildman–Crippen LogP) is -4.46. The molecule has 1 aliphatic rings. The van der Waals surface area contributed by atoms with Gasteiger partial charge in [0, 0.05) is 32.7 Å². The average Bonchev–Trinajstić information content (AvgIpc) is 2.22. The van der Waals surface area contributed by atoms with Crippen molar-refractivity contribution in [1.29, 1.82) is 0 Å². The average molecular weight is 1290 g/mol. The number of Topliss-reactive ketones (excluding diaryl/α,β-unsaturated/α-hetero) is 1. The summed E-state index contributed by atoms with van der Waals surface area (Å²) in [6, 6.07) is -9.71. The first kappa shape index (κ1) is 77.1. The smallest absolute Gasteiger partial charge is 0.305 e. The number of nitrogens with two attached hydrogens (primary N) is 1. The van der Waals surface area contributed by atoms with E-state index < -0.39 is 206 Å². The van der Waals surface area contributed by atoms with E-state index in [1.165, 1.54) is 40.9 Å². The molecule has 1 aromatic rings. The number of amides is 12. The van der Waals surface area contributed by atoms with Gasteiger partial charge in [0.2, 0.25) is 70.8 Å². The minimum absolute atomic E-state index is 0.00996. The van der Waals surface area contributed by atoms with Crippen LogP contribution in [0.4, 0.5) is 0 Å². The number of aliphatic carboxylic acids is 3. The molecular weight excluding hydrogens is 1210 g/mol. The molecule has 0 unspecified atom stereocenters. The van der Waals surface area contributed by atoms with Gasteiger partial charge in [-0.1, -0.05) is 53.2 Å². The standard InChI is InChI=1S/C56H84N12O21S/c1-8-10-32(46(79)55(88)58-25-40(72)60-35(20-22-90-7)49(82)64-37(24-43(77)78)52(85)63-36(23-30-12-14-31(71)15-13-30)51(84)65-38(26-69)47(57)80)61-53(86)39-11-9-21-68(39)56(89)45(28(4)5)67-54(87)44(27(2)3)66-50(83)34(17-19-42(75)76)62-48(81)33(59-29(6)70)16-18-41(73)74/h12-15,27-28,32-39,44-45,69,71H,8-11,16-26H2,1-7H3,(H2,57,80)(H,58,88)(H,59,70)(H,60,72)(H,61,86)(H,62,81)(H,63,85)(H,64,82)(H,65,84)(H,66,83)(H,67,87)(H,73,74)(H,75,76)(H,77,78)/t32-,33+,34+,35-,36+,37+,38+,39+,44+,45+/m1/s1. The Labute approximate surface area is 522 Å². The van der Waals surface area contributed by atoms with Crippen LogP contribution in [-0.2, 0) is 83.1 Å². The van der Waals surface area contributed by atoms with Gasteiger partial charge < -0.3 is 89.3 Å². The first-order valence-electron chi connectivity index (χ1n) is 28.9. The number of aromatic hydroxyl groups is 1. The lowest BCUT2D eigenvalue weighted by molar-refractivity contribution is -0.144. The molecule has 500 valence electrons. The van der Waals surface area contributed by atoms with Gasteiger partial charge in [-0.05, 0) is 80.1 Å². The number of carbonyl (C=O) groups excluding carboxylic acids is 13. The normalized spacial score (nSPS) is 15.7.